The van der Waals surface area contributed by atoms with E-state index in [0.29, 0.717) is 0 Å². The summed E-state index contributed by atoms with van der Waals surface area (Å²) in [5.74, 6) is 0. The van der Waals surface area contributed by atoms with Crippen molar-refractivity contribution in [3.63, 3.8) is 0 Å². The molecule has 12 aromatic rings. The molecule has 0 atom stereocenters. The molecule has 1 aromatic heterocycles. The summed E-state index contributed by atoms with van der Waals surface area (Å²) >= 11 is 0. The maximum absolute atomic E-state index is 6.64. The molecule has 63 heavy (non-hydrogen) atoms. The van der Waals surface area contributed by atoms with E-state index in [0.717, 1.165) is 39.0 Å². The van der Waals surface area contributed by atoms with Crippen LogP contribution >= 0.6 is 0 Å². The molecular formula is C61H41NO. The van der Waals surface area contributed by atoms with E-state index in [-0.39, 0.29) is 5.41 Å². The van der Waals surface area contributed by atoms with Crippen LogP contribution in [0.4, 0.5) is 17.1 Å². The molecule has 1 aliphatic carbocycles. The van der Waals surface area contributed by atoms with Crippen LogP contribution in [0.1, 0.15) is 25.0 Å². The zero-order valence-electron chi connectivity index (χ0n) is 35.1. The lowest BCUT2D eigenvalue weighted by Gasteiger charge is -2.31. The highest BCUT2D eigenvalue weighted by molar-refractivity contribution is 6.20. The van der Waals surface area contributed by atoms with Gasteiger partial charge in [-0.1, -0.05) is 172 Å². The second-order valence-electron chi connectivity index (χ2n) is 17.6. The Balaban J connectivity index is 1.17. The lowest BCUT2D eigenvalue weighted by Crippen LogP contribution is -2.17. The summed E-state index contributed by atoms with van der Waals surface area (Å²) in [4.78, 5) is 2.48. The summed E-state index contributed by atoms with van der Waals surface area (Å²) in [6.07, 6.45) is 0. The Labute approximate surface area is 365 Å². The van der Waals surface area contributed by atoms with Crippen LogP contribution in [-0.2, 0) is 5.41 Å². The second-order valence-corrected chi connectivity index (χ2v) is 17.6. The first-order chi connectivity index (χ1) is 31.0. The van der Waals surface area contributed by atoms with Gasteiger partial charge in [0.25, 0.3) is 0 Å². The number of fused-ring (bicyclic) bond motifs is 12. The van der Waals surface area contributed by atoms with Crippen LogP contribution in [0.3, 0.4) is 0 Å². The quantitative estimate of drug-likeness (QED) is 0.161. The van der Waals surface area contributed by atoms with Crippen LogP contribution in [0.2, 0.25) is 0 Å². The van der Waals surface area contributed by atoms with Gasteiger partial charge in [-0.2, -0.15) is 0 Å². The summed E-state index contributed by atoms with van der Waals surface area (Å²) in [5, 5.41) is 12.1. The molecule has 0 aliphatic heterocycles. The first-order valence-electron chi connectivity index (χ1n) is 21.9. The van der Waals surface area contributed by atoms with Crippen LogP contribution in [0.15, 0.2) is 217 Å². The van der Waals surface area contributed by atoms with Crippen LogP contribution in [0.25, 0.3) is 98.4 Å². The van der Waals surface area contributed by atoms with E-state index >= 15 is 0 Å². The van der Waals surface area contributed by atoms with E-state index in [9.17, 15) is 0 Å². The molecule has 13 rings (SSSR count). The lowest BCUT2D eigenvalue weighted by molar-refractivity contribution is 0.660. The maximum Gasteiger partial charge on any atom is 0.137 e. The molecule has 2 nitrogen and oxygen atoms in total. The monoisotopic (exact) mass is 803 g/mol. The number of hydrogen-bond acceptors (Lipinski definition) is 2. The largest absolute Gasteiger partial charge is 0.456 e. The molecule has 11 aromatic carbocycles. The van der Waals surface area contributed by atoms with E-state index in [4.69, 9.17) is 4.42 Å². The summed E-state index contributed by atoms with van der Waals surface area (Å²) in [6, 6.07) is 78.3. The van der Waals surface area contributed by atoms with Gasteiger partial charge in [-0.15, -0.1) is 0 Å². The smallest absolute Gasteiger partial charge is 0.137 e. The van der Waals surface area contributed by atoms with Gasteiger partial charge in [0.15, 0.2) is 0 Å². The van der Waals surface area contributed by atoms with Crippen molar-refractivity contribution < 1.29 is 4.42 Å². The fourth-order valence-electron chi connectivity index (χ4n) is 10.9. The first kappa shape index (κ1) is 35.8. The first-order valence-corrected chi connectivity index (χ1v) is 21.9. The standard InChI is InChI=1S/C61H41NO/c1-61(2)55-27-13-11-24-48(55)49-32-30-40(36-56(49)61)62(41-31-33-51-50-25-12-14-29-58(50)63-59(51)37-41)57-28-15-26-52(53-34-38-16-3-5-18-42(38)44-20-7-9-22-46(44)53)60(57)54-35-39-17-4-6-19-43(39)45-21-8-10-23-47(45)54/h3-37H,1-2H3. The van der Waals surface area contributed by atoms with E-state index < -0.39 is 0 Å². The highest BCUT2D eigenvalue weighted by atomic mass is 16.3. The molecule has 0 radical (unpaired) electrons. The minimum atomic E-state index is -0.181. The third kappa shape index (κ3) is 5.31. The Kier molecular flexibility index (Phi) is 7.68. The molecule has 296 valence electrons. The van der Waals surface area contributed by atoms with Crippen molar-refractivity contribution >= 4 is 82.1 Å². The molecule has 0 unspecified atom stereocenters. The fourth-order valence-corrected chi connectivity index (χ4v) is 10.9. The normalized spacial score (nSPS) is 13.0. The number of benzene rings is 11. The number of rotatable bonds is 5. The summed E-state index contributed by atoms with van der Waals surface area (Å²) in [6.45, 7) is 4.73. The van der Waals surface area contributed by atoms with Crippen LogP contribution in [-0.4, -0.2) is 0 Å². The molecule has 0 spiro atoms. The van der Waals surface area contributed by atoms with Crippen molar-refractivity contribution in [2.45, 2.75) is 19.3 Å². The van der Waals surface area contributed by atoms with Gasteiger partial charge in [0, 0.05) is 39.2 Å². The Morgan fingerprint density at radius 3 is 1.60 bits per heavy atom. The molecule has 0 fully saturated rings. The van der Waals surface area contributed by atoms with Gasteiger partial charge in [0.05, 0.1) is 5.69 Å². The molecule has 0 bridgehead atoms. The minimum Gasteiger partial charge on any atom is -0.456 e. The second kappa shape index (κ2) is 13.5. The van der Waals surface area contributed by atoms with Crippen LogP contribution < -0.4 is 4.90 Å². The zero-order chi connectivity index (χ0) is 41.8. The van der Waals surface area contributed by atoms with Crippen molar-refractivity contribution in [3.05, 3.63) is 223 Å². The van der Waals surface area contributed by atoms with Gasteiger partial charge in [-0.05, 0) is 131 Å². The third-order valence-corrected chi connectivity index (χ3v) is 13.8. The van der Waals surface area contributed by atoms with Gasteiger partial charge >= 0.3 is 0 Å². The molecule has 0 amide bonds. The Bertz CT molecular complexity index is 3850. The Hall–Kier alpha value is -7.94. The molecule has 2 heteroatoms. The number of furan rings is 1. The van der Waals surface area contributed by atoms with E-state index in [1.165, 1.54) is 87.6 Å². The lowest BCUT2D eigenvalue weighted by atomic mass is 9.82. The van der Waals surface area contributed by atoms with E-state index in [1.54, 1.807) is 0 Å². The van der Waals surface area contributed by atoms with E-state index in [2.05, 4.69) is 225 Å². The zero-order valence-corrected chi connectivity index (χ0v) is 35.1. The number of anilines is 3. The predicted octanol–water partition coefficient (Wildman–Crippen LogP) is 17.3. The van der Waals surface area contributed by atoms with Gasteiger partial charge in [-0.3, -0.25) is 0 Å². The third-order valence-electron chi connectivity index (χ3n) is 13.8. The number of hydrogen-bond donors (Lipinski definition) is 0. The summed E-state index contributed by atoms with van der Waals surface area (Å²) < 4.78 is 6.64. The molecule has 1 aliphatic rings. The molecular weight excluding hydrogens is 763 g/mol. The Morgan fingerprint density at radius 2 is 0.857 bits per heavy atom. The molecule has 0 N–H and O–H groups in total. The minimum absolute atomic E-state index is 0.181. The summed E-state index contributed by atoms with van der Waals surface area (Å²) in [7, 11) is 0. The van der Waals surface area contributed by atoms with Gasteiger partial charge in [-0.25, -0.2) is 0 Å². The molecule has 0 saturated heterocycles. The number of nitrogens with zero attached hydrogens (tertiary/aromatic N) is 1. The number of para-hydroxylation sites is 1. The summed E-state index contributed by atoms with van der Waals surface area (Å²) in [5.41, 5.74) is 14.8. The van der Waals surface area contributed by atoms with Crippen molar-refractivity contribution in [1.82, 2.24) is 0 Å². The average molecular weight is 804 g/mol. The Morgan fingerprint density at radius 1 is 0.333 bits per heavy atom. The van der Waals surface area contributed by atoms with Crippen molar-refractivity contribution in [2.24, 2.45) is 0 Å². The van der Waals surface area contributed by atoms with Crippen LogP contribution in [0, 0.1) is 0 Å². The van der Waals surface area contributed by atoms with Crippen molar-refractivity contribution in [1.29, 1.82) is 0 Å². The van der Waals surface area contributed by atoms with Crippen LogP contribution in [0.5, 0.6) is 0 Å². The fraction of sp³-hybridized carbons (Fsp3) is 0.0492. The molecule has 0 saturated carbocycles. The predicted molar refractivity (Wildman–Crippen MR) is 267 cm³/mol. The van der Waals surface area contributed by atoms with E-state index in [1.807, 2.05) is 6.07 Å². The van der Waals surface area contributed by atoms with Gasteiger partial charge in [0.2, 0.25) is 0 Å². The maximum atomic E-state index is 6.64. The topological polar surface area (TPSA) is 16.4 Å². The van der Waals surface area contributed by atoms with Gasteiger partial charge in [0.1, 0.15) is 11.2 Å². The SMILES string of the molecule is CC1(C)c2ccccc2-c2ccc(N(c3ccc4c(c3)oc3ccccc34)c3cccc(-c4cc5ccccc5c5ccccc45)c3-c3cc4ccccc4c4ccccc34)cc21. The van der Waals surface area contributed by atoms with Crippen molar-refractivity contribution in [2.75, 3.05) is 4.90 Å². The van der Waals surface area contributed by atoms with Crippen molar-refractivity contribution in [3.8, 4) is 33.4 Å². The average Bonchev–Trinajstić information content (AvgIpc) is 3.82. The molecule has 1 heterocycles. The highest BCUT2D eigenvalue weighted by Gasteiger charge is 2.36. The highest BCUT2D eigenvalue weighted by Crippen LogP contribution is 2.54. The van der Waals surface area contributed by atoms with Gasteiger partial charge < -0.3 is 9.32 Å².